The first-order valence-corrected chi connectivity index (χ1v) is 7.70. The Labute approximate surface area is 125 Å². The van der Waals surface area contributed by atoms with Gasteiger partial charge in [-0.25, -0.2) is 4.79 Å². The van der Waals surface area contributed by atoms with Crippen molar-refractivity contribution in [3.05, 3.63) is 35.4 Å². The second-order valence-electron chi connectivity index (χ2n) is 5.77. The summed E-state index contributed by atoms with van der Waals surface area (Å²) in [6.07, 6.45) is 3.73. The molecule has 4 nitrogen and oxygen atoms in total. The van der Waals surface area contributed by atoms with Gasteiger partial charge in [-0.3, -0.25) is 0 Å². The molecule has 2 unspecified atom stereocenters. The number of esters is 1. The third kappa shape index (κ3) is 2.58. The molecule has 2 aliphatic rings. The quantitative estimate of drug-likeness (QED) is 0.802. The van der Waals surface area contributed by atoms with E-state index in [-0.39, 0.29) is 12.1 Å². The second kappa shape index (κ2) is 5.78. The van der Waals surface area contributed by atoms with Crippen LogP contribution in [0.3, 0.4) is 0 Å². The Hall–Kier alpha value is -1.39. The highest BCUT2D eigenvalue weighted by Crippen LogP contribution is 2.47. The van der Waals surface area contributed by atoms with Gasteiger partial charge in [0.1, 0.15) is 6.10 Å². The molecule has 2 atom stereocenters. The normalized spacial score (nSPS) is 27.1. The molecule has 3 rings (SSSR count). The first-order chi connectivity index (χ1) is 10.2. The van der Waals surface area contributed by atoms with Gasteiger partial charge in [0, 0.05) is 12.8 Å². The Morgan fingerprint density at radius 2 is 2.00 bits per heavy atom. The molecule has 21 heavy (non-hydrogen) atoms. The van der Waals surface area contributed by atoms with E-state index in [1.54, 1.807) is 0 Å². The van der Waals surface area contributed by atoms with Crippen LogP contribution in [0.4, 0.5) is 0 Å². The number of aryl methyl sites for hydroxylation is 1. The molecule has 1 aromatic carbocycles. The molecular weight excluding hydrogens is 268 g/mol. The van der Waals surface area contributed by atoms with E-state index in [4.69, 9.17) is 14.2 Å². The highest BCUT2D eigenvalue weighted by atomic mass is 16.8. The van der Waals surface area contributed by atoms with Gasteiger partial charge in [-0.05, 0) is 30.4 Å². The van der Waals surface area contributed by atoms with E-state index >= 15 is 0 Å². The van der Waals surface area contributed by atoms with Crippen LogP contribution in [0.15, 0.2) is 24.3 Å². The number of carbonyl (C=O) groups is 1. The van der Waals surface area contributed by atoms with Gasteiger partial charge in [-0.2, -0.15) is 0 Å². The van der Waals surface area contributed by atoms with Crippen LogP contribution in [-0.2, 0) is 25.4 Å². The Kier molecular flexibility index (Phi) is 4.00. The minimum absolute atomic E-state index is 0.352. The van der Waals surface area contributed by atoms with Gasteiger partial charge in [-0.1, -0.05) is 31.2 Å². The summed E-state index contributed by atoms with van der Waals surface area (Å²) >= 11 is 0. The number of carbonyl (C=O) groups excluding carboxylic acids is 1. The van der Waals surface area contributed by atoms with Gasteiger partial charge < -0.3 is 14.2 Å². The van der Waals surface area contributed by atoms with E-state index in [0.29, 0.717) is 0 Å². The number of benzene rings is 1. The fourth-order valence-electron chi connectivity index (χ4n) is 3.41. The van der Waals surface area contributed by atoms with Crippen LogP contribution in [0, 0.1) is 0 Å². The highest BCUT2D eigenvalue weighted by molar-refractivity contribution is 5.76. The summed E-state index contributed by atoms with van der Waals surface area (Å²) in [4.78, 5) is 12.1. The molecule has 0 radical (unpaired) electrons. The van der Waals surface area contributed by atoms with E-state index in [0.717, 1.165) is 37.7 Å². The van der Waals surface area contributed by atoms with E-state index in [9.17, 15) is 4.79 Å². The minimum Gasteiger partial charge on any atom is -0.467 e. The molecule has 0 aromatic heterocycles. The minimum atomic E-state index is -0.666. The molecule has 1 saturated heterocycles. The van der Waals surface area contributed by atoms with Crippen molar-refractivity contribution in [1.82, 2.24) is 0 Å². The fraction of sp³-hybridized carbons (Fsp3) is 0.588. The largest absolute Gasteiger partial charge is 0.467 e. The lowest BCUT2D eigenvalue weighted by Gasteiger charge is -2.22. The van der Waals surface area contributed by atoms with Gasteiger partial charge in [-0.15, -0.1) is 0 Å². The maximum absolute atomic E-state index is 12.1. The zero-order valence-corrected chi connectivity index (χ0v) is 12.6. The fourth-order valence-corrected chi connectivity index (χ4v) is 3.41. The summed E-state index contributed by atoms with van der Waals surface area (Å²) in [5, 5.41) is 0. The first kappa shape index (κ1) is 14.5. The third-order valence-electron chi connectivity index (χ3n) is 4.50. The van der Waals surface area contributed by atoms with Crippen LogP contribution in [0.2, 0.25) is 0 Å². The van der Waals surface area contributed by atoms with Crippen LogP contribution in [-0.4, -0.2) is 25.0 Å². The Morgan fingerprint density at radius 1 is 1.29 bits per heavy atom. The number of rotatable bonds is 3. The topological polar surface area (TPSA) is 44.8 Å². The number of hydrogen-bond donors (Lipinski definition) is 0. The highest BCUT2D eigenvalue weighted by Gasteiger charge is 2.53. The molecule has 4 heteroatoms. The average molecular weight is 290 g/mol. The lowest BCUT2D eigenvalue weighted by molar-refractivity contribution is -0.180. The van der Waals surface area contributed by atoms with Crippen molar-refractivity contribution in [2.24, 2.45) is 0 Å². The molecule has 1 heterocycles. The molecule has 0 N–H and O–H groups in total. The summed E-state index contributed by atoms with van der Waals surface area (Å²) in [5.41, 5.74) is 2.23. The van der Waals surface area contributed by atoms with E-state index in [1.807, 2.05) is 18.2 Å². The lowest BCUT2D eigenvalue weighted by atomic mass is 9.97. The Bertz CT molecular complexity index is 519. The van der Waals surface area contributed by atoms with Crippen molar-refractivity contribution in [2.45, 2.75) is 57.0 Å². The van der Waals surface area contributed by atoms with Gasteiger partial charge in [0.25, 0.3) is 0 Å². The Morgan fingerprint density at radius 3 is 2.67 bits per heavy atom. The first-order valence-electron chi connectivity index (χ1n) is 7.70. The van der Waals surface area contributed by atoms with E-state index < -0.39 is 11.9 Å². The standard InChI is InChI=1S/C17H22O4/c1-3-12-8-4-5-9-13(12)14-15(16(18)19-2)21-17(20-14)10-6-7-11-17/h4-5,8-9,14-15H,3,6-7,10-11H2,1-2H3. The summed E-state index contributed by atoms with van der Waals surface area (Å²) in [5.74, 6) is -0.945. The van der Waals surface area contributed by atoms with Crippen molar-refractivity contribution in [2.75, 3.05) is 7.11 Å². The summed E-state index contributed by atoms with van der Waals surface area (Å²) < 4.78 is 17.2. The number of ether oxygens (including phenoxy) is 3. The van der Waals surface area contributed by atoms with Crippen LogP contribution in [0.1, 0.15) is 49.8 Å². The molecule has 0 bridgehead atoms. The van der Waals surface area contributed by atoms with Gasteiger partial charge in [0.05, 0.1) is 7.11 Å². The lowest BCUT2D eigenvalue weighted by Crippen LogP contribution is -2.30. The third-order valence-corrected chi connectivity index (χ3v) is 4.50. The smallest absolute Gasteiger partial charge is 0.338 e. The van der Waals surface area contributed by atoms with Crippen LogP contribution in [0.5, 0.6) is 0 Å². The van der Waals surface area contributed by atoms with Crippen LogP contribution < -0.4 is 0 Å². The molecule has 1 saturated carbocycles. The van der Waals surface area contributed by atoms with Gasteiger partial charge >= 0.3 is 5.97 Å². The molecule has 114 valence electrons. The molecule has 1 aliphatic heterocycles. The van der Waals surface area contributed by atoms with E-state index in [2.05, 4.69) is 13.0 Å². The van der Waals surface area contributed by atoms with Crippen molar-refractivity contribution < 1.29 is 19.0 Å². The molecule has 1 aliphatic carbocycles. The monoisotopic (exact) mass is 290 g/mol. The maximum atomic E-state index is 12.1. The maximum Gasteiger partial charge on any atom is 0.338 e. The average Bonchev–Trinajstić information content (AvgIpc) is 3.14. The molecular formula is C17H22O4. The van der Waals surface area contributed by atoms with Crippen LogP contribution in [0.25, 0.3) is 0 Å². The van der Waals surface area contributed by atoms with Gasteiger partial charge in [0.2, 0.25) is 0 Å². The summed E-state index contributed by atoms with van der Waals surface area (Å²) in [6.45, 7) is 2.10. The van der Waals surface area contributed by atoms with Crippen molar-refractivity contribution >= 4 is 5.97 Å². The zero-order valence-electron chi connectivity index (χ0n) is 12.6. The van der Waals surface area contributed by atoms with Crippen molar-refractivity contribution in [3.63, 3.8) is 0 Å². The van der Waals surface area contributed by atoms with Crippen LogP contribution >= 0.6 is 0 Å². The summed E-state index contributed by atoms with van der Waals surface area (Å²) in [7, 11) is 1.40. The zero-order chi connectivity index (χ0) is 14.9. The predicted octanol–water partition coefficient (Wildman–Crippen LogP) is 3.15. The number of methoxy groups -OCH3 is 1. The van der Waals surface area contributed by atoms with Crippen molar-refractivity contribution in [1.29, 1.82) is 0 Å². The molecule has 1 spiro atoms. The summed E-state index contributed by atoms with van der Waals surface area (Å²) in [6, 6.07) is 8.09. The predicted molar refractivity (Wildman–Crippen MR) is 77.7 cm³/mol. The van der Waals surface area contributed by atoms with Gasteiger partial charge in [0.15, 0.2) is 11.9 Å². The van der Waals surface area contributed by atoms with Crippen molar-refractivity contribution in [3.8, 4) is 0 Å². The molecule has 2 fully saturated rings. The Balaban J connectivity index is 1.95. The second-order valence-corrected chi connectivity index (χ2v) is 5.77. The molecule has 1 aromatic rings. The SMILES string of the molecule is CCc1ccccc1C1OC2(CCCC2)OC1C(=O)OC. The molecule has 0 amide bonds. The van der Waals surface area contributed by atoms with E-state index in [1.165, 1.54) is 12.7 Å². The number of hydrogen-bond acceptors (Lipinski definition) is 4.